The number of carbonyl (C=O) groups is 2. The molecule has 2 saturated heterocycles. The third-order valence-corrected chi connectivity index (χ3v) is 5.94. The number of nitrogens with one attached hydrogen (secondary N) is 3. The number of benzene rings is 1. The van der Waals surface area contributed by atoms with E-state index in [0.29, 0.717) is 17.7 Å². The van der Waals surface area contributed by atoms with E-state index in [1.807, 2.05) is 49.4 Å². The summed E-state index contributed by atoms with van der Waals surface area (Å²) < 4.78 is 20.4. The molecule has 2 aliphatic heterocycles. The van der Waals surface area contributed by atoms with Gasteiger partial charge in [-0.3, -0.25) is 14.7 Å². The molecule has 4 unspecified atom stereocenters. The topological polar surface area (TPSA) is 162 Å². The average molecular weight is 510 g/mol. The fraction of sp³-hybridized carbons (Fsp3) is 0.375. The molecule has 3 aromatic rings. The predicted molar refractivity (Wildman–Crippen MR) is 131 cm³/mol. The van der Waals surface area contributed by atoms with E-state index >= 15 is 0 Å². The number of hydrogen-bond donors (Lipinski definition) is 4. The summed E-state index contributed by atoms with van der Waals surface area (Å²) in [5, 5.41) is 17.2. The number of fused-ring (bicyclic) bond motifs is 2. The number of carboxylic acid groups (broad SMARTS) is 1. The van der Waals surface area contributed by atoms with Gasteiger partial charge in [0.05, 0.1) is 12.9 Å². The number of nitrogens with zero attached hydrogens (tertiary/aromatic N) is 4. The summed E-state index contributed by atoms with van der Waals surface area (Å²) in [6, 6.07) is 9.37. The van der Waals surface area contributed by atoms with Crippen LogP contribution in [0.5, 0.6) is 0 Å². The van der Waals surface area contributed by atoms with Gasteiger partial charge in [-0.25, -0.2) is 19.7 Å². The highest BCUT2D eigenvalue weighted by molar-refractivity contribution is 5.95. The predicted octanol–water partition coefficient (Wildman–Crippen LogP) is 1.36. The minimum atomic E-state index is -0.970. The Balaban J connectivity index is 1.39. The molecule has 0 saturated carbocycles. The normalized spacial score (nSPS) is 24.9. The molecule has 0 spiro atoms. The third-order valence-electron chi connectivity index (χ3n) is 5.94. The molecule has 13 heteroatoms. The molecule has 2 aromatic heterocycles. The number of ether oxygens (including phenoxy) is 3. The Morgan fingerprint density at radius 2 is 1.92 bits per heavy atom. The van der Waals surface area contributed by atoms with Gasteiger partial charge in [0.2, 0.25) is 0 Å². The summed E-state index contributed by atoms with van der Waals surface area (Å²) >= 11 is 0. The zero-order chi connectivity index (χ0) is 25.8. The highest BCUT2D eigenvalue weighted by Crippen LogP contribution is 2.40. The number of imidazole rings is 1. The van der Waals surface area contributed by atoms with Gasteiger partial charge in [0.15, 0.2) is 29.5 Å². The van der Waals surface area contributed by atoms with Crippen LogP contribution in [0.15, 0.2) is 49.1 Å². The lowest BCUT2D eigenvalue weighted by atomic mass is 10.1. The SMILES string of the molecule is CCNC(=O)Nc1ncnc2c1ncn2C1OC(CNCC(=O)O)C2O[C@H](/C=C/c3ccccc3)OC21. The maximum absolute atomic E-state index is 12.0. The monoisotopic (exact) mass is 509 g/mol. The van der Waals surface area contributed by atoms with Crippen LogP contribution in [0.25, 0.3) is 17.2 Å². The molecule has 4 heterocycles. The third kappa shape index (κ3) is 5.44. The van der Waals surface area contributed by atoms with Crippen molar-refractivity contribution < 1.29 is 28.9 Å². The quantitative estimate of drug-likeness (QED) is 0.331. The van der Waals surface area contributed by atoms with E-state index in [9.17, 15) is 9.59 Å². The zero-order valence-corrected chi connectivity index (χ0v) is 20.0. The van der Waals surface area contributed by atoms with E-state index in [-0.39, 0.29) is 18.9 Å². The molecule has 0 bridgehead atoms. The van der Waals surface area contributed by atoms with Crippen molar-refractivity contribution in [3.63, 3.8) is 0 Å². The molecular formula is C24H27N7O6. The smallest absolute Gasteiger partial charge is 0.320 e. The Morgan fingerprint density at radius 1 is 1.11 bits per heavy atom. The average Bonchev–Trinajstić information content (AvgIpc) is 3.58. The lowest BCUT2D eigenvalue weighted by molar-refractivity contribution is -0.137. The number of urea groups is 1. The Bertz CT molecular complexity index is 1280. The van der Waals surface area contributed by atoms with E-state index in [2.05, 4.69) is 30.9 Å². The molecule has 0 radical (unpaired) electrons. The first kappa shape index (κ1) is 24.8. The summed E-state index contributed by atoms with van der Waals surface area (Å²) in [7, 11) is 0. The maximum Gasteiger partial charge on any atom is 0.320 e. The van der Waals surface area contributed by atoms with Crippen molar-refractivity contribution in [1.82, 2.24) is 30.2 Å². The van der Waals surface area contributed by atoms with Gasteiger partial charge in [0.1, 0.15) is 24.6 Å². The Morgan fingerprint density at radius 3 is 2.70 bits per heavy atom. The van der Waals surface area contributed by atoms with Gasteiger partial charge in [0, 0.05) is 13.1 Å². The molecule has 2 fully saturated rings. The zero-order valence-electron chi connectivity index (χ0n) is 20.0. The number of anilines is 1. The molecule has 4 N–H and O–H groups in total. The fourth-order valence-electron chi connectivity index (χ4n) is 4.36. The number of aliphatic carboxylic acids is 1. The Hall–Kier alpha value is -3.91. The molecule has 5 atom stereocenters. The summed E-state index contributed by atoms with van der Waals surface area (Å²) in [4.78, 5) is 35.9. The number of rotatable bonds is 9. The number of carboxylic acids is 1. The summed E-state index contributed by atoms with van der Waals surface area (Å²) in [5.74, 6) is -0.709. The van der Waals surface area contributed by atoms with E-state index in [1.165, 1.54) is 6.33 Å². The van der Waals surface area contributed by atoms with Crippen molar-refractivity contribution in [2.75, 3.05) is 25.0 Å². The first-order valence-corrected chi connectivity index (χ1v) is 11.9. The summed E-state index contributed by atoms with van der Waals surface area (Å²) in [6.45, 7) is 2.30. The van der Waals surface area contributed by atoms with Crippen LogP contribution in [0.1, 0.15) is 18.7 Å². The van der Waals surface area contributed by atoms with Crippen LogP contribution in [-0.2, 0) is 19.0 Å². The van der Waals surface area contributed by atoms with Crippen molar-refractivity contribution >= 4 is 35.1 Å². The van der Waals surface area contributed by atoms with Crippen molar-refractivity contribution in [2.45, 2.75) is 37.8 Å². The fourth-order valence-corrected chi connectivity index (χ4v) is 4.36. The van der Waals surface area contributed by atoms with Crippen LogP contribution < -0.4 is 16.0 Å². The lowest BCUT2D eigenvalue weighted by Crippen LogP contribution is -2.38. The van der Waals surface area contributed by atoms with Crippen LogP contribution in [0.3, 0.4) is 0 Å². The van der Waals surface area contributed by atoms with E-state index in [0.717, 1.165) is 5.56 Å². The van der Waals surface area contributed by atoms with Crippen molar-refractivity contribution in [3.05, 3.63) is 54.6 Å². The maximum atomic E-state index is 12.0. The van der Waals surface area contributed by atoms with Gasteiger partial charge in [-0.2, -0.15) is 0 Å². The van der Waals surface area contributed by atoms with E-state index < -0.39 is 42.8 Å². The molecular weight excluding hydrogens is 482 g/mol. The molecule has 2 amide bonds. The second-order valence-corrected chi connectivity index (χ2v) is 8.46. The van der Waals surface area contributed by atoms with Gasteiger partial charge < -0.3 is 30.0 Å². The molecule has 5 rings (SSSR count). The number of carbonyl (C=O) groups excluding carboxylic acids is 1. The number of aromatic nitrogens is 4. The summed E-state index contributed by atoms with van der Waals surface area (Å²) in [6.07, 6.45) is 3.87. The van der Waals surface area contributed by atoms with Crippen molar-refractivity contribution in [2.24, 2.45) is 0 Å². The Kier molecular flexibility index (Phi) is 7.37. The first-order chi connectivity index (χ1) is 18.0. The standard InChI is InChI=1S/C24H27N7O6/c1-2-26-24(34)30-21-18-22(28-12-27-21)31(13-29-18)23-20-19(15(35-23)10-25-11-16(32)33)36-17(37-20)9-8-14-6-4-3-5-7-14/h3-9,12-13,15,17,19-20,23,25H,2,10-11H2,1H3,(H,32,33)(H2,26,27,28,30,34)/b9-8+/t15?,17-,19?,20?,23?/m0/s1. The number of amides is 2. The molecule has 0 aliphatic carbocycles. The lowest BCUT2D eigenvalue weighted by Gasteiger charge is -2.20. The van der Waals surface area contributed by atoms with E-state index in [4.69, 9.17) is 19.3 Å². The highest BCUT2D eigenvalue weighted by atomic mass is 16.8. The molecule has 37 heavy (non-hydrogen) atoms. The van der Waals surface area contributed by atoms with Gasteiger partial charge in [-0.05, 0) is 18.6 Å². The molecule has 13 nitrogen and oxygen atoms in total. The summed E-state index contributed by atoms with van der Waals surface area (Å²) in [5.41, 5.74) is 1.83. The molecule has 194 valence electrons. The number of hydrogen-bond acceptors (Lipinski definition) is 9. The minimum Gasteiger partial charge on any atom is -0.480 e. The second kappa shape index (κ2) is 11.0. The second-order valence-electron chi connectivity index (χ2n) is 8.46. The first-order valence-electron chi connectivity index (χ1n) is 11.9. The van der Waals surface area contributed by atoms with Gasteiger partial charge in [-0.15, -0.1) is 0 Å². The van der Waals surface area contributed by atoms with E-state index in [1.54, 1.807) is 10.9 Å². The highest BCUT2D eigenvalue weighted by Gasteiger charge is 2.53. The van der Waals surface area contributed by atoms with Crippen molar-refractivity contribution in [1.29, 1.82) is 0 Å². The largest absolute Gasteiger partial charge is 0.480 e. The van der Waals surface area contributed by atoms with Crippen LogP contribution >= 0.6 is 0 Å². The molecule has 2 aliphatic rings. The van der Waals surface area contributed by atoms with Gasteiger partial charge in [0.25, 0.3) is 0 Å². The van der Waals surface area contributed by atoms with Crippen molar-refractivity contribution in [3.8, 4) is 0 Å². The van der Waals surface area contributed by atoms with Crippen LogP contribution in [0, 0.1) is 0 Å². The van der Waals surface area contributed by atoms with Gasteiger partial charge >= 0.3 is 12.0 Å². The van der Waals surface area contributed by atoms with Gasteiger partial charge in [-0.1, -0.05) is 36.4 Å². The van der Waals surface area contributed by atoms with Crippen LogP contribution in [0.4, 0.5) is 10.6 Å². The Labute approximate surface area is 211 Å². The van der Waals surface area contributed by atoms with Crippen LogP contribution in [0.2, 0.25) is 0 Å². The molecule has 1 aromatic carbocycles. The minimum absolute atomic E-state index is 0.212. The van der Waals surface area contributed by atoms with Crippen LogP contribution in [-0.4, -0.2) is 80.9 Å².